The molecule has 1 heterocycles. The standard InChI is InChI=1S/C10H4F5NOS5/c11-18-4-1-3(2-17)6-5(7(4)19-12)8(20-13)9(21-14)10(16-6)22-15/h1,17H,2H2. The van der Waals surface area contributed by atoms with Gasteiger partial charge in [-0.3, -0.25) is 0 Å². The number of hydrogen-bond acceptors (Lipinski definition) is 7. The number of hydrogen-bond donors (Lipinski definition) is 1. The molecular weight excluding hydrogens is 405 g/mol. The first-order valence-electron chi connectivity index (χ1n) is 5.24. The third kappa shape index (κ3) is 3.13. The van der Waals surface area contributed by atoms with Crippen molar-refractivity contribution < 1.29 is 24.5 Å². The third-order valence-corrected chi connectivity index (χ3v) is 5.71. The number of aliphatic hydroxyl groups is 1. The molecule has 0 radical (unpaired) electrons. The van der Waals surface area contributed by atoms with Crippen molar-refractivity contribution in [2.75, 3.05) is 0 Å². The molecule has 2 nitrogen and oxygen atoms in total. The van der Waals surface area contributed by atoms with Crippen LogP contribution in [0.4, 0.5) is 19.4 Å². The number of halogens is 5. The molecule has 0 aliphatic heterocycles. The van der Waals surface area contributed by atoms with E-state index in [4.69, 9.17) is 0 Å². The number of nitrogens with zero attached hydrogens (tertiary/aromatic N) is 1. The lowest BCUT2D eigenvalue weighted by molar-refractivity contribution is 0.282. The summed E-state index contributed by atoms with van der Waals surface area (Å²) in [6, 6.07) is 1.13. The van der Waals surface area contributed by atoms with Crippen molar-refractivity contribution in [1.82, 2.24) is 4.98 Å². The van der Waals surface area contributed by atoms with Crippen LogP contribution in [0.15, 0.2) is 30.7 Å². The van der Waals surface area contributed by atoms with Gasteiger partial charge in [0.2, 0.25) is 0 Å². The van der Waals surface area contributed by atoms with Crippen LogP contribution < -0.4 is 0 Å². The van der Waals surface area contributed by atoms with Crippen molar-refractivity contribution in [3.63, 3.8) is 0 Å². The summed E-state index contributed by atoms with van der Waals surface area (Å²) in [7, 11) is 0. The highest BCUT2D eigenvalue weighted by molar-refractivity contribution is 7.99. The second-order valence-corrected chi connectivity index (χ2v) is 6.53. The zero-order valence-corrected chi connectivity index (χ0v) is 14.2. The molecule has 0 unspecified atom stereocenters. The van der Waals surface area contributed by atoms with E-state index in [1.165, 1.54) is 0 Å². The first-order chi connectivity index (χ1) is 10.7. The SMILES string of the molecule is OCc1cc(SF)c(SF)c2c(SF)c(SF)c(SF)nc12. The van der Waals surface area contributed by atoms with E-state index in [1.807, 2.05) is 0 Å². The van der Waals surface area contributed by atoms with Gasteiger partial charge in [-0.1, -0.05) is 0 Å². The van der Waals surface area contributed by atoms with Crippen molar-refractivity contribution >= 4 is 71.6 Å². The molecule has 1 N–H and O–H groups in total. The van der Waals surface area contributed by atoms with Crippen LogP contribution in [0.1, 0.15) is 5.56 Å². The quantitative estimate of drug-likeness (QED) is 0.538. The lowest BCUT2D eigenvalue weighted by Crippen LogP contribution is -1.97. The number of fused-ring (bicyclic) bond motifs is 1. The second-order valence-electron chi connectivity index (χ2n) is 3.71. The van der Waals surface area contributed by atoms with Gasteiger partial charge in [-0.25, -0.2) is 4.98 Å². The first-order valence-corrected chi connectivity index (χ1v) is 8.82. The van der Waals surface area contributed by atoms with Crippen LogP contribution in [0.2, 0.25) is 0 Å². The van der Waals surface area contributed by atoms with Crippen molar-refractivity contribution in [2.24, 2.45) is 0 Å². The predicted octanol–water partition coefficient (Wildman–Crippen LogP) is 6.61. The Morgan fingerprint density at radius 2 is 1.50 bits per heavy atom. The molecular formula is C10H4F5NOS5. The van der Waals surface area contributed by atoms with Gasteiger partial charge < -0.3 is 5.11 Å². The normalized spacial score (nSPS) is 11.4. The summed E-state index contributed by atoms with van der Waals surface area (Å²) < 4.78 is 65.4. The van der Waals surface area contributed by atoms with Gasteiger partial charge >= 0.3 is 0 Å². The maximum absolute atomic E-state index is 13.3. The fourth-order valence-corrected chi connectivity index (χ4v) is 4.32. The lowest BCUT2D eigenvalue weighted by atomic mass is 10.1. The Bertz CT molecular complexity index is 701. The van der Waals surface area contributed by atoms with Crippen LogP contribution in [0.3, 0.4) is 0 Å². The minimum absolute atomic E-state index is 0.0500. The maximum Gasteiger partial charge on any atom is 0.147 e. The molecule has 1 aromatic heterocycles. The van der Waals surface area contributed by atoms with E-state index in [0.717, 1.165) is 6.07 Å². The average molecular weight is 409 g/mol. The zero-order valence-electron chi connectivity index (χ0n) is 10.1. The smallest absolute Gasteiger partial charge is 0.147 e. The first kappa shape index (κ1) is 18.3. The van der Waals surface area contributed by atoms with Crippen LogP contribution in [0, 0.1) is 0 Å². The molecule has 0 aliphatic carbocycles. The van der Waals surface area contributed by atoms with Crippen LogP contribution in [-0.4, -0.2) is 10.1 Å². The van der Waals surface area contributed by atoms with E-state index < -0.39 is 57.9 Å². The Kier molecular flexibility index (Phi) is 6.83. The van der Waals surface area contributed by atoms with Crippen LogP contribution in [-0.2, 0) is 6.61 Å². The number of aromatic nitrogens is 1. The van der Waals surface area contributed by atoms with E-state index in [2.05, 4.69) is 4.98 Å². The topological polar surface area (TPSA) is 33.1 Å². The van der Waals surface area contributed by atoms with E-state index in [-0.39, 0.29) is 50.6 Å². The zero-order chi connectivity index (χ0) is 16.3. The molecule has 0 spiro atoms. The molecule has 0 atom stereocenters. The Morgan fingerprint density at radius 3 is 1.95 bits per heavy atom. The summed E-state index contributed by atoms with van der Waals surface area (Å²) in [6.45, 7) is -0.608. The summed E-state index contributed by atoms with van der Waals surface area (Å²) in [4.78, 5) is 2.41. The van der Waals surface area contributed by atoms with Gasteiger partial charge in [-0.2, -0.15) is 19.4 Å². The summed E-state index contributed by atoms with van der Waals surface area (Å²) in [5.41, 5.74) is -0.0625. The monoisotopic (exact) mass is 409 g/mol. The molecule has 0 saturated carbocycles. The third-order valence-electron chi connectivity index (χ3n) is 2.70. The summed E-state index contributed by atoms with van der Waals surface area (Å²) in [5, 5.41) is 8.66. The Hall–Kier alpha value is -0.0100. The van der Waals surface area contributed by atoms with E-state index >= 15 is 0 Å². The van der Waals surface area contributed by atoms with Gasteiger partial charge in [0.25, 0.3) is 0 Å². The molecule has 2 rings (SSSR count). The Morgan fingerprint density at radius 1 is 0.864 bits per heavy atom. The van der Waals surface area contributed by atoms with E-state index in [9.17, 15) is 24.5 Å². The average Bonchev–Trinajstić information content (AvgIpc) is 2.57. The molecule has 2 aromatic rings. The van der Waals surface area contributed by atoms with E-state index in [0.29, 0.717) is 0 Å². The molecule has 0 amide bonds. The van der Waals surface area contributed by atoms with Gasteiger partial charge in [-0.05, 0) is 6.07 Å². The highest BCUT2D eigenvalue weighted by atomic mass is 32.2. The number of aliphatic hydroxyl groups excluding tert-OH is 1. The Balaban J connectivity index is 3.04. The predicted molar refractivity (Wildman–Crippen MR) is 82.5 cm³/mol. The van der Waals surface area contributed by atoms with Crippen molar-refractivity contribution in [3.05, 3.63) is 11.6 Å². The second kappa shape index (κ2) is 8.20. The van der Waals surface area contributed by atoms with Crippen LogP contribution in [0.5, 0.6) is 0 Å². The van der Waals surface area contributed by atoms with Gasteiger partial charge in [0.15, 0.2) is 0 Å². The van der Waals surface area contributed by atoms with Crippen LogP contribution >= 0.6 is 60.7 Å². The lowest BCUT2D eigenvalue weighted by Gasteiger charge is -2.14. The van der Waals surface area contributed by atoms with E-state index in [1.54, 1.807) is 0 Å². The molecule has 22 heavy (non-hydrogen) atoms. The minimum atomic E-state index is -0.608. The van der Waals surface area contributed by atoms with Crippen molar-refractivity contribution in [3.8, 4) is 0 Å². The maximum atomic E-state index is 13.3. The molecule has 0 fully saturated rings. The number of pyridine rings is 1. The fraction of sp³-hybridized carbons (Fsp3) is 0.100. The molecule has 0 bridgehead atoms. The highest BCUT2D eigenvalue weighted by Crippen LogP contribution is 2.49. The molecule has 0 saturated heterocycles. The molecule has 0 aliphatic rings. The van der Waals surface area contributed by atoms with Gasteiger partial charge in [0.05, 0.1) is 80.3 Å². The summed E-state index contributed by atoms with van der Waals surface area (Å²) in [5.74, 6) is 0. The number of rotatable bonds is 6. The largest absolute Gasteiger partial charge is 0.392 e. The number of benzene rings is 1. The fourth-order valence-electron chi connectivity index (χ4n) is 1.83. The highest BCUT2D eigenvalue weighted by Gasteiger charge is 2.25. The summed E-state index contributed by atoms with van der Waals surface area (Å²) >= 11 is -1.95. The molecule has 1 aromatic carbocycles. The summed E-state index contributed by atoms with van der Waals surface area (Å²) in [6.07, 6.45) is 0. The van der Waals surface area contributed by atoms with Crippen molar-refractivity contribution in [1.29, 1.82) is 0 Å². The van der Waals surface area contributed by atoms with Crippen molar-refractivity contribution in [2.45, 2.75) is 31.2 Å². The minimum Gasteiger partial charge on any atom is -0.392 e. The molecule has 120 valence electrons. The molecule has 12 heteroatoms. The van der Waals surface area contributed by atoms with Gasteiger partial charge in [0, 0.05) is 10.9 Å². The van der Waals surface area contributed by atoms with Crippen LogP contribution in [0.25, 0.3) is 10.9 Å². The van der Waals surface area contributed by atoms with Gasteiger partial charge in [-0.15, -0.1) is 0 Å². The Labute approximate surface area is 143 Å². The van der Waals surface area contributed by atoms with Gasteiger partial charge in [0.1, 0.15) is 17.2 Å².